The average molecular weight is 274 g/mol. The molecular formula is C16H22N2S. The summed E-state index contributed by atoms with van der Waals surface area (Å²) in [5, 5.41) is 3.55. The first kappa shape index (κ1) is 14.1. The van der Waals surface area contributed by atoms with Crippen molar-refractivity contribution in [3.63, 3.8) is 0 Å². The van der Waals surface area contributed by atoms with Gasteiger partial charge in [-0.15, -0.1) is 11.8 Å². The molecule has 2 rings (SSSR count). The molecule has 2 aromatic rings. The number of hydrogen-bond acceptors (Lipinski definition) is 2. The molecule has 0 aliphatic heterocycles. The van der Waals surface area contributed by atoms with Crippen molar-refractivity contribution in [2.75, 3.05) is 11.6 Å². The smallest absolute Gasteiger partial charge is 0.0480 e. The lowest BCUT2D eigenvalue weighted by Crippen LogP contribution is -2.03. The van der Waals surface area contributed by atoms with Crippen LogP contribution >= 0.6 is 11.8 Å². The van der Waals surface area contributed by atoms with Crippen molar-refractivity contribution in [3.05, 3.63) is 47.3 Å². The molecule has 0 aliphatic carbocycles. The molecule has 1 aromatic carbocycles. The van der Waals surface area contributed by atoms with Crippen LogP contribution in [0.4, 0.5) is 5.69 Å². The second-order valence-corrected chi connectivity index (χ2v) is 5.54. The van der Waals surface area contributed by atoms with Gasteiger partial charge in [-0.3, -0.25) is 0 Å². The summed E-state index contributed by atoms with van der Waals surface area (Å²) in [4.78, 5) is 1.30. The van der Waals surface area contributed by atoms with Crippen molar-refractivity contribution in [1.82, 2.24) is 4.57 Å². The molecular weight excluding hydrogens is 252 g/mol. The van der Waals surface area contributed by atoms with Gasteiger partial charge in [-0.1, -0.05) is 12.1 Å². The summed E-state index contributed by atoms with van der Waals surface area (Å²) in [7, 11) is 0. The van der Waals surface area contributed by atoms with Crippen LogP contribution in [0.1, 0.15) is 23.9 Å². The summed E-state index contributed by atoms with van der Waals surface area (Å²) in [5.41, 5.74) is 5.32. The molecule has 0 saturated heterocycles. The SMILES string of the molecule is CCn1c(C)cc(CNc2ccccc2SC)c1C. The zero-order valence-electron chi connectivity index (χ0n) is 12.2. The molecule has 0 radical (unpaired) electrons. The van der Waals surface area contributed by atoms with E-state index in [2.05, 4.69) is 67.2 Å². The minimum absolute atomic E-state index is 0.886. The van der Waals surface area contributed by atoms with Crippen molar-refractivity contribution in [2.24, 2.45) is 0 Å². The lowest BCUT2D eigenvalue weighted by molar-refractivity contribution is 0.715. The van der Waals surface area contributed by atoms with Crippen LogP contribution in [-0.2, 0) is 13.1 Å². The van der Waals surface area contributed by atoms with E-state index in [1.807, 2.05) is 0 Å². The van der Waals surface area contributed by atoms with Crippen LogP contribution in [0, 0.1) is 13.8 Å². The molecule has 0 aliphatic rings. The Morgan fingerprint density at radius 2 is 1.95 bits per heavy atom. The Balaban J connectivity index is 2.15. The van der Waals surface area contributed by atoms with E-state index >= 15 is 0 Å². The number of nitrogens with one attached hydrogen (secondary N) is 1. The first-order valence-electron chi connectivity index (χ1n) is 6.69. The molecule has 2 nitrogen and oxygen atoms in total. The van der Waals surface area contributed by atoms with Gasteiger partial charge >= 0.3 is 0 Å². The van der Waals surface area contributed by atoms with Gasteiger partial charge in [0, 0.05) is 35.1 Å². The highest BCUT2D eigenvalue weighted by atomic mass is 32.2. The highest BCUT2D eigenvalue weighted by molar-refractivity contribution is 7.98. The third-order valence-electron chi connectivity index (χ3n) is 3.57. The largest absolute Gasteiger partial charge is 0.380 e. The Hall–Kier alpha value is -1.35. The predicted molar refractivity (Wildman–Crippen MR) is 85.1 cm³/mol. The number of para-hydroxylation sites is 1. The van der Waals surface area contributed by atoms with Crippen LogP contribution in [0.5, 0.6) is 0 Å². The topological polar surface area (TPSA) is 17.0 Å². The molecule has 0 fully saturated rings. The fourth-order valence-corrected chi connectivity index (χ4v) is 3.09. The van der Waals surface area contributed by atoms with E-state index in [0.29, 0.717) is 0 Å². The maximum Gasteiger partial charge on any atom is 0.0480 e. The van der Waals surface area contributed by atoms with Crippen molar-refractivity contribution in [2.45, 2.75) is 38.8 Å². The quantitative estimate of drug-likeness (QED) is 0.811. The Kier molecular flexibility index (Phi) is 4.59. The van der Waals surface area contributed by atoms with Gasteiger partial charge in [0.15, 0.2) is 0 Å². The van der Waals surface area contributed by atoms with Crippen LogP contribution in [0.15, 0.2) is 35.2 Å². The monoisotopic (exact) mass is 274 g/mol. The number of aryl methyl sites for hydroxylation is 1. The summed E-state index contributed by atoms with van der Waals surface area (Å²) in [6.45, 7) is 8.50. The predicted octanol–water partition coefficient (Wildman–Crippen LogP) is 4.46. The number of hydrogen-bond donors (Lipinski definition) is 1. The third-order valence-corrected chi connectivity index (χ3v) is 4.37. The fraction of sp³-hybridized carbons (Fsp3) is 0.375. The Labute approximate surface area is 120 Å². The van der Waals surface area contributed by atoms with E-state index < -0.39 is 0 Å². The molecule has 0 bridgehead atoms. The molecule has 0 unspecified atom stereocenters. The molecule has 0 amide bonds. The second kappa shape index (κ2) is 6.20. The lowest BCUT2D eigenvalue weighted by atomic mass is 10.2. The van der Waals surface area contributed by atoms with E-state index in [1.54, 1.807) is 11.8 Å². The van der Waals surface area contributed by atoms with Gasteiger partial charge in [0.1, 0.15) is 0 Å². The first-order chi connectivity index (χ1) is 9.17. The summed E-state index contributed by atoms with van der Waals surface area (Å²) in [6, 6.07) is 10.7. The Morgan fingerprint density at radius 3 is 2.58 bits per heavy atom. The molecule has 1 heterocycles. The van der Waals surface area contributed by atoms with Gasteiger partial charge in [-0.05, 0) is 50.8 Å². The Bertz CT molecular complexity index is 558. The molecule has 19 heavy (non-hydrogen) atoms. The maximum atomic E-state index is 3.55. The number of thioether (sulfide) groups is 1. The number of nitrogens with zero attached hydrogens (tertiary/aromatic N) is 1. The minimum Gasteiger partial charge on any atom is -0.380 e. The van der Waals surface area contributed by atoms with Crippen molar-refractivity contribution in [1.29, 1.82) is 0 Å². The maximum absolute atomic E-state index is 3.55. The van der Waals surface area contributed by atoms with Gasteiger partial charge in [0.25, 0.3) is 0 Å². The average Bonchev–Trinajstić information content (AvgIpc) is 2.71. The lowest BCUT2D eigenvalue weighted by Gasteiger charge is -2.11. The van der Waals surface area contributed by atoms with Crippen LogP contribution in [-0.4, -0.2) is 10.8 Å². The fourth-order valence-electron chi connectivity index (χ4n) is 2.52. The van der Waals surface area contributed by atoms with Gasteiger partial charge in [-0.2, -0.15) is 0 Å². The second-order valence-electron chi connectivity index (χ2n) is 4.69. The molecule has 0 spiro atoms. The Morgan fingerprint density at radius 1 is 1.21 bits per heavy atom. The van der Waals surface area contributed by atoms with E-state index in [9.17, 15) is 0 Å². The van der Waals surface area contributed by atoms with Crippen LogP contribution < -0.4 is 5.32 Å². The number of aromatic nitrogens is 1. The van der Waals surface area contributed by atoms with E-state index in [-0.39, 0.29) is 0 Å². The molecule has 1 aromatic heterocycles. The van der Waals surface area contributed by atoms with Crippen molar-refractivity contribution < 1.29 is 0 Å². The zero-order valence-corrected chi connectivity index (χ0v) is 13.0. The first-order valence-corrected chi connectivity index (χ1v) is 7.92. The molecule has 102 valence electrons. The number of benzene rings is 1. The molecule has 3 heteroatoms. The molecule has 1 N–H and O–H groups in total. The van der Waals surface area contributed by atoms with E-state index in [4.69, 9.17) is 0 Å². The van der Waals surface area contributed by atoms with Crippen LogP contribution in [0.3, 0.4) is 0 Å². The highest BCUT2D eigenvalue weighted by Gasteiger charge is 2.08. The van der Waals surface area contributed by atoms with Crippen molar-refractivity contribution in [3.8, 4) is 0 Å². The standard InChI is InChI=1S/C16H22N2S/c1-5-18-12(2)10-14(13(18)3)11-17-15-8-6-7-9-16(15)19-4/h6-10,17H,5,11H2,1-4H3. The van der Waals surface area contributed by atoms with Gasteiger partial charge in [0.05, 0.1) is 0 Å². The summed E-state index contributed by atoms with van der Waals surface area (Å²) >= 11 is 1.78. The molecule has 0 atom stereocenters. The third kappa shape index (κ3) is 2.98. The van der Waals surface area contributed by atoms with E-state index in [1.165, 1.54) is 27.5 Å². The number of rotatable bonds is 5. The van der Waals surface area contributed by atoms with Gasteiger partial charge < -0.3 is 9.88 Å². The van der Waals surface area contributed by atoms with E-state index in [0.717, 1.165) is 13.1 Å². The highest BCUT2D eigenvalue weighted by Crippen LogP contribution is 2.25. The number of anilines is 1. The van der Waals surface area contributed by atoms with Gasteiger partial charge in [0.2, 0.25) is 0 Å². The minimum atomic E-state index is 0.886. The van der Waals surface area contributed by atoms with Crippen LogP contribution in [0.2, 0.25) is 0 Å². The summed E-state index contributed by atoms with van der Waals surface area (Å²) < 4.78 is 2.36. The zero-order chi connectivity index (χ0) is 13.8. The summed E-state index contributed by atoms with van der Waals surface area (Å²) in [6.07, 6.45) is 2.11. The van der Waals surface area contributed by atoms with Crippen molar-refractivity contribution >= 4 is 17.4 Å². The van der Waals surface area contributed by atoms with Crippen LogP contribution in [0.25, 0.3) is 0 Å². The normalized spacial score (nSPS) is 10.7. The molecule has 0 saturated carbocycles. The summed E-state index contributed by atoms with van der Waals surface area (Å²) in [5.74, 6) is 0. The van der Waals surface area contributed by atoms with Gasteiger partial charge in [-0.25, -0.2) is 0 Å².